The van der Waals surface area contributed by atoms with Crippen molar-refractivity contribution in [3.63, 3.8) is 0 Å². The maximum absolute atomic E-state index is 12.7. The predicted molar refractivity (Wildman–Crippen MR) is 178 cm³/mol. The SMILES string of the molecule is CC(=O)/C=C/c1ccc2c(c1)N(C)C(=O)C(NC(=O)OC(C)(C)C)CO2.CC(=O)CCc1ccc2c(c1)N(C)C(=O)C(N)CO2.Cl. The molecule has 0 fully saturated rings. The summed E-state index contributed by atoms with van der Waals surface area (Å²) in [7, 11) is 3.29. The molecule has 2 atom stereocenters. The average Bonchev–Trinajstić information content (AvgIpc) is 3.15. The number of Topliss-reactive ketones (excluding diaryl/α,β-unsaturated/α-hetero) is 1. The van der Waals surface area contributed by atoms with Gasteiger partial charge < -0.3 is 39.9 Å². The van der Waals surface area contributed by atoms with Crippen LogP contribution in [0.25, 0.3) is 6.08 Å². The molecular weight excluding hydrogens is 616 g/mol. The highest BCUT2D eigenvalue weighted by atomic mass is 35.5. The summed E-state index contributed by atoms with van der Waals surface area (Å²) in [5.41, 5.74) is 8.11. The van der Waals surface area contributed by atoms with Gasteiger partial charge in [0, 0.05) is 20.5 Å². The standard InChI is InChI=1S/C19H24N2O5.C14H18N2O3.ClH/c1-12(22)6-7-13-8-9-16-15(10-13)21(5)17(23)14(11-25-16)20-18(24)26-19(2,3)4;1-9(17)3-4-10-5-6-13-12(7-10)16(2)14(18)11(15)8-19-13;/h6-10,14H,11H2,1-5H3,(H,20,24);5-7,11H,3-4,8,15H2,1-2H3;1H/b7-6+;;. The van der Waals surface area contributed by atoms with Gasteiger partial charge in [-0.05, 0) is 82.5 Å². The van der Waals surface area contributed by atoms with Crippen molar-refractivity contribution in [3.05, 3.63) is 53.6 Å². The Morgan fingerprint density at radius 1 is 0.957 bits per heavy atom. The van der Waals surface area contributed by atoms with E-state index < -0.39 is 23.8 Å². The number of halogens is 1. The lowest BCUT2D eigenvalue weighted by atomic mass is 10.1. The largest absolute Gasteiger partial charge is 0.489 e. The number of benzene rings is 2. The van der Waals surface area contributed by atoms with Crippen LogP contribution in [0.5, 0.6) is 11.5 Å². The Labute approximate surface area is 275 Å². The quantitative estimate of drug-likeness (QED) is 0.440. The number of carbonyl (C=O) groups is 5. The second-order valence-corrected chi connectivity index (χ2v) is 11.9. The van der Waals surface area contributed by atoms with Crippen molar-refractivity contribution in [2.45, 2.75) is 65.1 Å². The van der Waals surface area contributed by atoms with Gasteiger partial charge in [0.2, 0.25) is 5.91 Å². The maximum atomic E-state index is 12.7. The average molecular weight is 659 g/mol. The maximum Gasteiger partial charge on any atom is 0.408 e. The van der Waals surface area contributed by atoms with E-state index in [1.54, 1.807) is 66.1 Å². The van der Waals surface area contributed by atoms with Crippen molar-refractivity contribution < 1.29 is 38.2 Å². The minimum Gasteiger partial charge on any atom is -0.489 e. The number of hydrogen-bond acceptors (Lipinski definition) is 9. The number of likely N-dealkylation sites (N-methyl/N-ethyl adjacent to an activating group) is 2. The van der Waals surface area contributed by atoms with Crippen molar-refractivity contribution in [1.82, 2.24) is 5.32 Å². The van der Waals surface area contributed by atoms with E-state index >= 15 is 0 Å². The molecule has 0 radical (unpaired) electrons. The minimum atomic E-state index is -0.863. The molecule has 0 saturated carbocycles. The number of nitrogens with two attached hydrogens (primary N) is 1. The number of alkyl carbamates (subject to hydrolysis) is 1. The summed E-state index contributed by atoms with van der Waals surface area (Å²) < 4.78 is 16.4. The molecule has 3 amide bonds. The number of fused-ring (bicyclic) bond motifs is 2. The number of allylic oxidation sites excluding steroid dienone is 1. The van der Waals surface area contributed by atoms with Crippen molar-refractivity contribution in [1.29, 1.82) is 0 Å². The fourth-order valence-corrected chi connectivity index (χ4v) is 4.43. The van der Waals surface area contributed by atoms with E-state index in [0.29, 0.717) is 35.7 Å². The smallest absolute Gasteiger partial charge is 0.408 e. The number of aryl methyl sites for hydroxylation is 1. The predicted octanol–water partition coefficient (Wildman–Crippen LogP) is 3.85. The summed E-state index contributed by atoms with van der Waals surface area (Å²) >= 11 is 0. The van der Waals surface area contributed by atoms with Gasteiger partial charge in [-0.25, -0.2) is 4.79 Å². The zero-order valence-corrected chi connectivity index (χ0v) is 28.1. The molecule has 4 rings (SSSR count). The van der Waals surface area contributed by atoms with Crippen LogP contribution in [0, 0.1) is 0 Å². The van der Waals surface area contributed by atoms with Crippen molar-refractivity contribution >= 4 is 59.3 Å². The number of ketones is 2. The highest BCUT2D eigenvalue weighted by Crippen LogP contribution is 2.33. The second-order valence-electron chi connectivity index (χ2n) is 11.9. The number of nitrogens with zero attached hydrogens (tertiary/aromatic N) is 2. The Balaban J connectivity index is 0.000000328. The number of hydrogen-bond donors (Lipinski definition) is 2. The Morgan fingerprint density at radius 3 is 2.15 bits per heavy atom. The van der Waals surface area contributed by atoms with Crippen LogP contribution in [0.3, 0.4) is 0 Å². The molecule has 2 aliphatic rings. The Bertz CT molecular complexity index is 1490. The van der Waals surface area contributed by atoms with E-state index in [-0.39, 0.29) is 49.0 Å². The fourth-order valence-electron chi connectivity index (χ4n) is 4.43. The van der Waals surface area contributed by atoms with Gasteiger partial charge in [-0.3, -0.25) is 14.4 Å². The van der Waals surface area contributed by atoms with Gasteiger partial charge in [-0.2, -0.15) is 0 Å². The first-order valence-corrected chi connectivity index (χ1v) is 14.6. The minimum absolute atomic E-state index is 0. The topological polar surface area (TPSA) is 158 Å². The summed E-state index contributed by atoms with van der Waals surface area (Å²) in [5.74, 6) is 0.773. The molecule has 0 saturated heterocycles. The molecule has 2 unspecified atom stereocenters. The Hall–Kier alpha value is -4.42. The lowest BCUT2D eigenvalue weighted by Crippen LogP contribution is -2.50. The summed E-state index contributed by atoms with van der Waals surface area (Å²) in [6, 6.07) is 9.39. The third kappa shape index (κ3) is 10.6. The van der Waals surface area contributed by atoms with Gasteiger partial charge in [0.15, 0.2) is 5.78 Å². The van der Waals surface area contributed by atoms with Gasteiger partial charge >= 0.3 is 6.09 Å². The molecule has 2 heterocycles. The van der Waals surface area contributed by atoms with Crippen LogP contribution >= 0.6 is 12.4 Å². The van der Waals surface area contributed by atoms with Crippen molar-refractivity contribution in [2.75, 3.05) is 37.1 Å². The molecule has 0 bridgehead atoms. The van der Waals surface area contributed by atoms with Crippen LogP contribution in [0.4, 0.5) is 16.2 Å². The first-order chi connectivity index (χ1) is 21.1. The van der Waals surface area contributed by atoms with E-state index in [1.165, 1.54) is 22.8 Å². The van der Waals surface area contributed by atoms with Gasteiger partial charge in [0.1, 0.15) is 48.2 Å². The van der Waals surface area contributed by atoms with E-state index in [9.17, 15) is 24.0 Å². The summed E-state index contributed by atoms with van der Waals surface area (Å²) in [4.78, 5) is 61.7. The molecular formula is C33H43ClN4O8. The highest BCUT2D eigenvalue weighted by Gasteiger charge is 2.32. The van der Waals surface area contributed by atoms with Crippen molar-refractivity contribution in [3.8, 4) is 11.5 Å². The van der Waals surface area contributed by atoms with E-state index in [4.69, 9.17) is 19.9 Å². The Morgan fingerprint density at radius 2 is 1.54 bits per heavy atom. The third-order valence-corrected chi connectivity index (χ3v) is 6.80. The normalized spacial score (nSPS) is 17.5. The third-order valence-electron chi connectivity index (χ3n) is 6.80. The summed E-state index contributed by atoms with van der Waals surface area (Å²) in [6.07, 6.45) is 3.60. The Kier molecular flexibility index (Phi) is 13.3. The summed E-state index contributed by atoms with van der Waals surface area (Å²) in [6.45, 7) is 8.45. The number of amides is 3. The molecule has 46 heavy (non-hydrogen) atoms. The molecule has 250 valence electrons. The van der Waals surface area contributed by atoms with Gasteiger partial charge in [0.05, 0.1) is 11.4 Å². The van der Waals surface area contributed by atoms with Crippen LogP contribution < -0.4 is 30.3 Å². The first kappa shape index (κ1) is 37.8. The van der Waals surface area contributed by atoms with Gasteiger partial charge in [-0.15, -0.1) is 12.4 Å². The van der Waals surface area contributed by atoms with Gasteiger partial charge in [-0.1, -0.05) is 18.2 Å². The van der Waals surface area contributed by atoms with Crippen LogP contribution in [-0.4, -0.2) is 74.5 Å². The second kappa shape index (κ2) is 16.2. The zero-order valence-electron chi connectivity index (χ0n) is 27.2. The van der Waals surface area contributed by atoms with Gasteiger partial charge in [0.25, 0.3) is 5.91 Å². The molecule has 2 aliphatic heterocycles. The molecule has 2 aromatic rings. The molecule has 12 nitrogen and oxygen atoms in total. The zero-order chi connectivity index (χ0) is 33.5. The van der Waals surface area contributed by atoms with Crippen LogP contribution in [0.1, 0.15) is 52.2 Å². The lowest BCUT2D eigenvalue weighted by Gasteiger charge is -2.23. The van der Waals surface area contributed by atoms with E-state index in [1.807, 2.05) is 18.2 Å². The molecule has 13 heteroatoms. The van der Waals surface area contributed by atoms with E-state index in [2.05, 4.69) is 5.32 Å². The van der Waals surface area contributed by atoms with Crippen LogP contribution in [-0.2, 0) is 30.3 Å². The molecule has 0 aromatic heterocycles. The summed E-state index contributed by atoms with van der Waals surface area (Å²) in [5, 5.41) is 2.55. The number of carbonyl (C=O) groups excluding carboxylic acids is 5. The van der Waals surface area contributed by atoms with Crippen molar-refractivity contribution in [2.24, 2.45) is 5.73 Å². The fraction of sp³-hybridized carbons (Fsp3) is 0.424. The van der Waals surface area contributed by atoms with Crippen LogP contribution in [0.2, 0.25) is 0 Å². The highest BCUT2D eigenvalue weighted by molar-refractivity contribution is 6.01. The van der Waals surface area contributed by atoms with Crippen LogP contribution in [0.15, 0.2) is 42.5 Å². The van der Waals surface area contributed by atoms with E-state index in [0.717, 1.165) is 11.1 Å². The molecule has 0 aliphatic carbocycles. The molecule has 3 N–H and O–H groups in total. The number of rotatable bonds is 6. The number of nitrogens with one attached hydrogen (secondary N) is 1. The lowest BCUT2D eigenvalue weighted by molar-refractivity contribution is -0.121. The molecule has 0 spiro atoms. The molecule has 2 aromatic carbocycles. The first-order valence-electron chi connectivity index (χ1n) is 14.6. The monoisotopic (exact) mass is 658 g/mol. The number of ether oxygens (including phenoxy) is 3. The number of anilines is 2.